The molecule has 0 radical (unpaired) electrons. The van der Waals surface area contributed by atoms with Gasteiger partial charge in [0.15, 0.2) is 0 Å². The maximum atomic E-state index is 13.8. The quantitative estimate of drug-likeness (QED) is 0.131. The SMILES string of the molecule is CC[C@](C)(NC(=O)[C@@H](N)CCCCOC(=O)c1ccccc1)C(=O)NC(Cc1ccc(-c2ccccc2)cc1)C(=O)N1CCC[C@@H]1C(=O)O. The van der Waals surface area contributed by atoms with Crippen LogP contribution < -0.4 is 16.4 Å². The van der Waals surface area contributed by atoms with E-state index in [9.17, 15) is 29.1 Å². The molecule has 1 aliphatic rings. The van der Waals surface area contributed by atoms with Crippen molar-refractivity contribution in [1.82, 2.24) is 15.5 Å². The van der Waals surface area contributed by atoms with E-state index in [1.165, 1.54) is 4.90 Å². The third-order valence-corrected chi connectivity index (χ3v) is 9.02. The van der Waals surface area contributed by atoms with Crippen LogP contribution in [0.1, 0.15) is 68.3 Å². The molecule has 11 nitrogen and oxygen atoms in total. The minimum atomic E-state index is -1.40. The lowest BCUT2D eigenvalue weighted by atomic mass is 9.94. The standard InChI is InChI=1S/C38H46N4O7/c1-3-38(2,41-33(43)30(39)17-10-11-24-49-36(47)29-15-8-5-9-16-29)37(48)40-31(34(44)42-23-12-18-32(42)35(45)46)25-26-19-21-28(22-20-26)27-13-6-4-7-14-27/h4-9,13-16,19-22,30-32H,3,10-12,17-18,23-25,39H2,1-2H3,(H,40,48)(H,41,43)(H,45,46)/t30-,31?,32+,38-/m0/s1. The van der Waals surface area contributed by atoms with Gasteiger partial charge in [0.25, 0.3) is 0 Å². The maximum Gasteiger partial charge on any atom is 0.338 e. The molecule has 4 atom stereocenters. The lowest BCUT2D eigenvalue weighted by molar-refractivity contribution is -0.149. The van der Waals surface area contributed by atoms with Gasteiger partial charge in [0.1, 0.15) is 17.6 Å². The summed E-state index contributed by atoms with van der Waals surface area (Å²) in [6.45, 7) is 3.77. The van der Waals surface area contributed by atoms with Crippen LogP contribution >= 0.6 is 0 Å². The first-order chi connectivity index (χ1) is 23.5. The Balaban J connectivity index is 1.38. The number of amides is 3. The minimum absolute atomic E-state index is 0.130. The molecule has 0 bridgehead atoms. The van der Waals surface area contributed by atoms with Gasteiger partial charge >= 0.3 is 11.9 Å². The first kappa shape index (κ1) is 36.8. The summed E-state index contributed by atoms with van der Waals surface area (Å²) in [6, 6.07) is 23.2. The zero-order chi connectivity index (χ0) is 35.4. The number of rotatable bonds is 16. The number of hydrogen-bond acceptors (Lipinski definition) is 7. The molecule has 1 heterocycles. The van der Waals surface area contributed by atoms with E-state index >= 15 is 0 Å². The van der Waals surface area contributed by atoms with Gasteiger partial charge in [0.2, 0.25) is 17.7 Å². The van der Waals surface area contributed by atoms with E-state index in [0.717, 1.165) is 16.7 Å². The Morgan fingerprint density at radius 3 is 2.20 bits per heavy atom. The molecule has 0 aliphatic carbocycles. The van der Waals surface area contributed by atoms with E-state index in [4.69, 9.17) is 10.5 Å². The van der Waals surface area contributed by atoms with Crippen molar-refractivity contribution in [2.75, 3.05) is 13.2 Å². The highest BCUT2D eigenvalue weighted by molar-refractivity contribution is 5.96. The third-order valence-electron chi connectivity index (χ3n) is 9.02. The van der Waals surface area contributed by atoms with Crippen molar-refractivity contribution in [3.63, 3.8) is 0 Å². The molecule has 0 aromatic heterocycles. The van der Waals surface area contributed by atoms with E-state index in [-0.39, 0.29) is 26.0 Å². The molecule has 49 heavy (non-hydrogen) atoms. The summed E-state index contributed by atoms with van der Waals surface area (Å²) >= 11 is 0. The highest BCUT2D eigenvalue weighted by Crippen LogP contribution is 2.23. The first-order valence-corrected chi connectivity index (χ1v) is 16.8. The van der Waals surface area contributed by atoms with Crippen LogP contribution in [0, 0.1) is 0 Å². The van der Waals surface area contributed by atoms with Crippen molar-refractivity contribution in [1.29, 1.82) is 0 Å². The average molecular weight is 671 g/mol. The highest BCUT2D eigenvalue weighted by Gasteiger charge is 2.41. The Kier molecular flexibility index (Phi) is 13.1. The van der Waals surface area contributed by atoms with Crippen LogP contribution in [-0.2, 0) is 30.3 Å². The van der Waals surface area contributed by atoms with Gasteiger partial charge in [-0.05, 0) is 74.3 Å². The molecule has 11 heteroatoms. The Bertz CT molecular complexity index is 1580. The number of nitrogens with zero attached hydrogens (tertiary/aromatic N) is 1. The van der Waals surface area contributed by atoms with Gasteiger partial charge in [-0.25, -0.2) is 9.59 Å². The number of hydrogen-bond donors (Lipinski definition) is 4. The molecule has 3 amide bonds. The largest absolute Gasteiger partial charge is 0.480 e. The average Bonchev–Trinajstić information content (AvgIpc) is 3.62. The molecule has 1 saturated heterocycles. The summed E-state index contributed by atoms with van der Waals surface area (Å²) in [6.07, 6.45) is 2.56. The molecule has 0 spiro atoms. The summed E-state index contributed by atoms with van der Waals surface area (Å²) in [5.41, 5.74) is 8.05. The van der Waals surface area contributed by atoms with Crippen LogP contribution in [0.2, 0.25) is 0 Å². The number of carbonyl (C=O) groups excluding carboxylic acids is 4. The molecule has 260 valence electrons. The van der Waals surface area contributed by atoms with E-state index in [0.29, 0.717) is 37.7 Å². The highest BCUT2D eigenvalue weighted by atomic mass is 16.5. The van der Waals surface area contributed by atoms with Crippen LogP contribution in [0.3, 0.4) is 0 Å². The Morgan fingerprint density at radius 2 is 1.57 bits per heavy atom. The van der Waals surface area contributed by atoms with Crippen LogP contribution in [0.15, 0.2) is 84.9 Å². The number of nitrogens with two attached hydrogens (primary N) is 1. The predicted octanol–water partition coefficient (Wildman–Crippen LogP) is 4.10. The van der Waals surface area contributed by atoms with Gasteiger partial charge in [-0.1, -0.05) is 79.7 Å². The number of carbonyl (C=O) groups is 5. The number of ether oxygens (including phenoxy) is 1. The zero-order valence-corrected chi connectivity index (χ0v) is 28.1. The van der Waals surface area contributed by atoms with Crippen molar-refractivity contribution < 1.29 is 33.8 Å². The van der Waals surface area contributed by atoms with Crippen molar-refractivity contribution in [3.8, 4) is 11.1 Å². The Labute approximate surface area is 287 Å². The summed E-state index contributed by atoms with van der Waals surface area (Å²) in [4.78, 5) is 66.1. The third kappa shape index (κ3) is 9.99. The van der Waals surface area contributed by atoms with Gasteiger partial charge in [-0.3, -0.25) is 14.4 Å². The number of carboxylic acid groups (broad SMARTS) is 1. The fourth-order valence-corrected chi connectivity index (χ4v) is 5.79. The second-order valence-electron chi connectivity index (χ2n) is 12.6. The normalized spacial score (nSPS) is 16.6. The van der Waals surface area contributed by atoms with E-state index in [1.807, 2.05) is 60.7 Å². The number of benzene rings is 3. The number of likely N-dealkylation sites (tertiary alicyclic amines) is 1. The second-order valence-corrected chi connectivity index (χ2v) is 12.6. The maximum absolute atomic E-state index is 13.8. The fraction of sp³-hybridized carbons (Fsp3) is 0.395. The summed E-state index contributed by atoms with van der Waals surface area (Å²) in [5, 5.41) is 15.4. The monoisotopic (exact) mass is 670 g/mol. The van der Waals surface area contributed by atoms with Crippen molar-refractivity contribution in [2.45, 2.75) is 82.5 Å². The van der Waals surface area contributed by atoms with Crippen LogP contribution in [0.5, 0.6) is 0 Å². The smallest absolute Gasteiger partial charge is 0.338 e. The fourth-order valence-electron chi connectivity index (χ4n) is 5.79. The number of carboxylic acids is 1. The molecular weight excluding hydrogens is 624 g/mol. The van der Waals surface area contributed by atoms with E-state index in [1.54, 1.807) is 38.1 Å². The molecular formula is C38H46N4O7. The van der Waals surface area contributed by atoms with Crippen molar-refractivity contribution >= 4 is 29.7 Å². The van der Waals surface area contributed by atoms with Gasteiger partial charge in [-0.2, -0.15) is 0 Å². The number of aliphatic carboxylic acids is 1. The molecule has 1 fully saturated rings. The molecule has 5 N–H and O–H groups in total. The predicted molar refractivity (Wildman–Crippen MR) is 185 cm³/mol. The van der Waals surface area contributed by atoms with Gasteiger partial charge in [-0.15, -0.1) is 0 Å². The van der Waals surface area contributed by atoms with E-state index < -0.39 is 53.3 Å². The zero-order valence-electron chi connectivity index (χ0n) is 28.1. The Morgan fingerprint density at radius 1 is 0.939 bits per heavy atom. The summed E-state index contributed by atoms with van der Waals surface area (Å²) in [7, 11) is 0. The minimum Gasteiger partial charge on any atom is -0.480 e. The van der Waals surface area contributed by atoms with Gasteiger partial charge in [0.05, 0.1) is 18.2 Å². The molecule has 1 unspecified atom stereocenters. The first-order valence-electron chi connectivity index (χ1n) is 16.8. The molecule has 0 saturated carbocycles. The lowest BCUT2D eigenvalue weighted by Crippen LogP contribution is -2.63. The number of nitrogens with one attached hydrogen (secondary N) is 2. The Hall–Kier alpha value is -5.03. The molecule has 3 aromatic carbocycles. The molecule has 3 aromatic rings. The number of unbranched alkanes of at least 4 members (excludes halogenated alkanes) is 1. The second kappa shape index (κ2) is 17.4. The van der Waals surface area contributed by atoms with E-state index in [2.05, 4.69) is 10.6 Å². The van der Waals surface area contributed by atoms with Crippen molar-refractivity contribution in [3.05, 3.63) is 96.1 Å². The number of esters is 1. The summed E-state index contributed by atoms with van der Waals surface area (Å²) in [5.74, 6) is -3.09. The lowest BCUT2D eigenvalue weighted by Gasteiger charge is -2.33. The van der Waals surface area contributed by atoms with Crippen LogP contribution in [-0.4, -0.2) is 76.5 Å². The van der Waals surface area contributed by atoms with Crippen LogP contribution in [0.25, 0.3) is 11.1 Å². The summed E-state index contributed by atoms with van der Waals surface area (Å²) < 4.78 is 5.28. The molecule has 4 rings (SSSR count). The van der Waals surface area contributed by atoms with Crippen molar-refractivity contribution in [2.24, 2.45) is 5.73 Å². The molecule has 1 aliphatic heterocycles. The topological polar surface area (TPSA) is 168 Å². The van der Waals surface area contributed by atoms with Crippen LogP contribution in [0.4, 0.5) is 0 Å². The van der Waals surface area contributed by atoms with Gasteiger partial charge in [0, 0.05) is 13.0 Å². The van der Waals surface area contributed by atoms with Gasteiger partial charge < -0.3 is 31.1 Å².